The van der Waals surface area contributed by atoms with Crippen molar-refractivity contribution in [2.75, 3.05) is 29.4 Å². The summed E-state index contributed by atoms with van der Waals surface area (Å²) in [6, 6.07) is 9.40. The van der Waals surface area contributed by atoms with Gasteiger partial charge in [-0.3, -0.25) is 9.20 Å². The molecule has 2 N–H and O–H groups in total. The highest BCUT2D eigenvalue weighted by molar-refractivity contribution is 7.90. The first-order valence-electron chi connectivity index (χ1n) is 13.3. The maximum absolute atomic E-state index is 14.7. The van der Waals surface area contributed by atoms with Crippen LogP contribution in [0.25, 0.3) is 5.65 Å². The Morgan fingerprint density at radius 1 is 1.00 bits per heavy atom. The normalized spacial score (nSPS) is 19.6. The average Bonchev–Trinajstić information content (AvgIpc) is 3.60. The van der Waals surface area contributed by atoms with Crippen molar-refractivity contribution in [3.8, 4) is 0 Å². The van der Waals surface area contributed by atoms with Gasteiger partial charge in [-0.1, -0.05) is 0 Å². The van der Waals surface area contributed by atoms with E-state index in [1.54, 1.807) is 18.3 Å². The van der Waals surface area contributed by atoms with E-state index in [1.807, 2.05) is 9.80 Å². The van der Waals surface area contributed by atoms with Crippen LogP contribution in [0.5, 0.6) is 0 Å². The minimum atomic E-state index is -4.25. The second-order valence-corrected chi connectivity index (χ2v) is 12.0. The van der Waals surface area contributed by atoms with Crippen molar-refractivity contribution >= 4 is 33.1 Å². The van der Waals surface area contributed by atoms with E-state index in [2.05, 4.69) is 14.7 Å². The van der Waals surface area contributed by atoms with E-state index >= 15 is 0 Å². The molecule has 10 nitrogen and oxygen atoms in total. The van der Waals surface area contributed by atoms with Gasteiger partial charge in [0.25, 0.3) is 15.9 Å². The van der Waals surface area contributed by atoms with Crippen LogP contribution in [-0.4, -0.2) is 59.5 Å². The molecule has 1 amide bonds. The summed E-state index contributed by atoms with van der Waals surface area (Å²) >= 11 is 0. The van der Waals surface area contributed by atoms with Gasteiger partial charge in [0.05, 0.1) is 24.0 Å². The van der Waals surface area contributed by atoms with Crippen molar-refractivity contribution in [1.29, 1.82) is 0 Å². The number of benzene rings is 1. The molecule has 3 aromatic heterocycles. The molecule has 6 rings (SSSR count). The summed E-state index contributed by atoms with van der Waals surface area (Å²) in [7, 11) is -4.25. The number of hydrogen-bond acceptors (Lipinski definition) is 8. The number of piperidine rings is 1. The highest BCUT2D eigenvalue weighted by Crippen LogP contribution is 2.36. The molecule has 0 aliphatic carbocycles. The molecule has 4 aromatic rings. The lowest BCUT2D eigenvalue weighted by Gasteiger charge is -2.38. The van der Waals surface area contributed by atoms with E-state index < -0.39 is 39.7 Å². The van der Waals surface area contributed by atoms with Gasteiger partial charge in [0.2, 0.25) is 0 Å². The van der Waals surface area contributed by atoms with E-state index in [9.17, 15) is 27.1 Å². The third-order valence-corrected chi connectivity index (χ3v) is 8.94. The largest absolute Gasteiger partial charge is 0.391 e. The van der Waals surface area contributed by atoms with E-state index in [4.69, 9.17) is 0 Å². The smallest absolute Gasteiger partial charge is 0.283 e. The van der Waals surface area contributed by atoms with Crippen LogP contribution in [0.2, 0.25) is 0 Å². The topological polar surface area (TPSA) is 120 Å². The highest BCUT2D eigenvalue weighted by atomic mass is 32.2. The Bertz CT molecular complexity index is 1710. The van der Waals surface area contributed by atoms with Crippen LogP contribution in [0.15, 0.2) is 66.0 Å². The molecule has 0 spiro atoms. The third-order valence-electron chi connectivity index (χ3n) is 7.62. The number of nitrogens with one attached hydrogen (secondary N) is 1. The van der Waals surface area contributed by atoms with Crippen LogP contribution in [0, 0.1) is 11.6 Å². The number of aromatic nitrogens is 3. The van der Waals surface area contributed by atoms with Crippen molar-refractivity contribution in [2.45, 2.75) is 42.7 Å². The third kappa shape index (κ3) is 5.34. The van der Waals surface area contributed by atoms with Crippen molar-refractivity contribution in [1.82, 2.24) is 19.1 Å². The van der Waals surface area contributed by atoms with Gasteiger partial charge in [-0.15, -0.1) is 0 Å². The second kappa shape index (κ2) is 10.7. The Balaban J connectivity index is 1.25. The van der Waals surface area contributed by atoms with E-state index in [0.29, 0.717) is 49.6 Å². The van der Waals surface area contributed by atoms with E-state index in [-0.39, 0.29) is 16.2 Å². The number of aliphatic hydroxyl groups is 1. The van der Waals surface area contributed by atoms with Crippen LogP contribution in [-0.2, 0) is 10.0 Å². The summed E-state index contributed by atoms with van der Waals surface area (Å²) in [6.45, 7) is 1.63. The fourth-order valence-corrected chi connectivity index (χ4v) is 6.45. The lowest BCUT2D eigenvalue weighted by Crippen LogP contribution is -2.34. The molecular formula is C28H28F2N6O4S. The number of anilines is 2. The molecule has 2 saturated heterocycles. The number of carbonyl (C=O) groups excluding carboxylic acids is 1. The number of rotatable bonds is 6. The van der Waals surface area contributed by atoms with Crippen LogP contribution in [0.4, 0.5) is 20.3 Å². The lowest BCUT2D eigenvalue weighted by molar-refractivity contribution is 0.0975. The molecule has 214 valence electrons. The molecule has 2 aliphatic rings. The Kier molecular flexibility index (Phi) is 7.08. The zero-order valence-corrected chi connectivity index (χ0v) is 22.8. The monoisotopic (exact) mass is 582 g/mol. The van der Waals surface area contributed by atoms with Gasteiger partial charge in [-0.05, 0) is 68.1 Å². The number of hydrogen-bond donors (Lipinski definition) is 2. The predicted molar refractivity (Wildman–Crippen MR) is 147 cm³/mol. The summed E-state index contributed by atoms with van der Waals surface area (Å²) in [5.74, 6) is -1.35. The SMILES string of the molecule is O=C(NS(=O)(=O)c1ccc(N2CC[C@H](O)C2)nc1)c1cnc2ccc(N3CCCCC3c3cc(F)ccc3F)cn12. The fraction of sp³-hybridized carbons (Fsp3) is 0.321. The van der Waals surface area contributed by atoms with E-state index in [0.717, 1.165) is 25.0 Å². The molecule has 0 bridgehead atoms. The molecule has 5 heterocycles. The predicted octanol–water partition coefficient (Wildman–Crippen LogP) is 3.43. The molecule has 0 saturated carbocycles. The molecule has 41 heavy (non-hydrogen) atoms. The number of halogens is 2. The second-order valence-electron chi connectivity index (χ2n) is 10.3. The standard InChI is InChI=1S/C28H28F2N6O4S/c29-18-4-7-23(30)22(13-18)24-3-1-2-11-35(24)19-5-8-27-32-15-25(36(27)16-19)28(38)33-41(39,40)21-6-9-26(31-14-21)34-12-10-20(37)17-34/h4-9,13-16,20,24,37H,1-3,10-12,17H2,(H,33,38)/t20-,24?/m0/s1. The molecule has 0 radical (unpaired) electrons. The average molecular weight is 583 g/mol. The number of carbonyl (C=O) groups is 1. The van der Waals surface area contributed by atoms with Crippen molar-refractivity contribution in [3.63, 3.8) is 0 Å². The minimum Gasteiger partial charge on any atom is -0.391 e. The Morgan fingerprint density at radius 3 is 2.61 bits per heavy atom. The zero-order valence-electron chi connectivity index (χ0n) is 22.0. The number of sulfonamides is 1. The number of imidazole rings is 1. The Morgan fingerprint density at radius 2 is 1.85 bits per heavy atom. The Labute approximate surface area is 235 Å². The number of aliphatic hydroxyl groups excluding tert-OH is 1. The van der Waals surface area contributed by atoms with Gasteiger partial charge in [-0.25, -0.2) is 31.9 Å². The molecule has 1 aromatic carbocycles. The van der Waals surface area contributed by atoms with Crippen LogP contribution in [0.3, 0.4) is 0 Å². The van der Waals surface area contributed by atoms with Gasteiger partial charge in [0, 0.05) is 37.6 Å². The maximum atomic E-state index is 14.7. The molecular weight excluding hydrogens is 554 g/mol. The van der Waals surface area contributed by atoms with Crippen LogP contribution >= 0.6 is 0 Å². The zero-order chi connectivity index (χ0) is 28.7. The molecule has 2 atom stereocenters. The minimum absolute atomic E-state index is 0.00782. The number of fused-ring (bicyclic) bond motifs is 1. The summed E-state index contributed by atoms with van der Waals surface area (Å²) < 4.78 is 58.3. The van der Waals surface area contributed by atoms with Gasteiger partial charge < -0.3 is 14.9 Å². The van der Waals surface area contributed by atoms with Gasteiger partial charge in [-0.2, -0.15) is 0 Å². The number of β-amino-alcohol motifs (C(OH)–C–C–N with tert-alkyl or cyclic N) is 1. The maximum Gasteiger partial charge on any atom is 0.283 e. The number of pyridine rings is 2. The van der Waals surface area contributed by atoms with Gasteiger partial charge >= 0.3 is 0 Å². The van der Waals surface area contributed by atoms with E-state index in [1.165, 1.54) is 35.0 Å². The summed E-state index contributed by atoms with van der Waals surface area (Å²) in [5, 5.41) is 9.74. The van der Waals surface area contributed by atoms with Crippen molar-refractivity contribution in [3.05, 3.63) is 83.9 Å². The lowest BCUT2D eigenvalue weighted by atomic mass is 9.94. The Hall–Kier alpha value is -4.10. The first kappa shape index (κ1) is 27.1. The van der Waals surface area contributed by atoms with Gasteiger partial charge in [0.1, 0.15) is 33.7 Å². The first-order valence-corrected chi connectivity index (χ1v) is 14.8. The number of amides is 1. The summed E-state index contributed by atoms with van der Waals surface area (Å²) in [6.07, 6.45) is 6.60. The van der Waals surface area contributed by atoms with Crippen LogP contribution in [0.1, 0.15) is 47.8 Å². The molecule has 2 aliphatic heterocycles. The van der Waals surface area contributed by atoms with Gasteiger partial charge in [0.15, 0.2) is 0 Å². The summed E-state index contributed by atoms with van der Waals surface area (Å²) in [4.78, 5) is 25.2. The summed E-state index contributed by atoms with van der Waals surface area (Å²) in [5.41, 5.74) is 1.33. The van der Waals surface area contributed by atoms with Crippen molar-refractivity contribution in [2.24, 2.45) is 0 Å². The fourth-order valence-electron chi connectivity index (χ4n) is 5.54. The first-order chi connectivity index (χ1) is 19.7. The quantitative estimate of drug-likeness (QED) is 0.355. The van der Waals surface area contributed by atoms with Crippen molar-refractivity contribution < 1.29 is 27.1 Å². The molecule has 2 fully saturated rings. The molecule has 13 heteroatoms. The highest BCUT2D eigenvalue weighted by Gasteiger charge is 2.28. The van der Waals surface area contributed by atoms with Crippen LogP contribution < -0.4 is 14.5 Å². The molecule has 1 unspecified atom stereocenters. The number of nitrogens with zero attached hydrogens (tertiary/aromatic N) is 5.